The maximum absolute atomic E-state index is 12.3. The van der Waals surface area contributed by atoms with Crippen LogP contribution in [0.2, 0.25) is 0 Å². The number of hydrogen-bond acceptors (Lipinski definition) is 5. The molecule has 136 valence electrons. The smallest absolute Gasteiger partial charge is 0.406 e. The molecule has 0 aliphatic carbocycles. The summed E-state index contributed by atoms with van der Waals surface area (Å²) in [7, 11) is 0. The van der Waals surface area contributed by atoms with Gasteiger partial charge in [0.2, 0.25) is 5.91 Å². The van der Waals surface area contributed by atoms with Crippen molar-refractivity contribution in [2.75, 3.05) is 5.32 Å². The van der Waals surface area contributed by atoms with E-state index in [4.69, 9.17) is 0 Å². The van der Waals surface area contributed by atoms with Gasteiger partial charge in [0.05, 0.1) is 5.25 Å². The van der Waals surface area contributed by atoms with E-state index < -0.39 is 11.6 Å². The molecule has 0 fully saturated rings. The van der Waals surface area contributed by atoms with Gasteiger partial charge in [-0.1, -0.05) is 17.8 Å². The predicted molar refractivity (Wildman–Crippen MR) is 90.1 cm³/mol. The maximum Gasteiger partial charge on any atom is 0.573 e. The van der Waals surface area contributed by atoms with Crippen molar-refractivity contribution in [1.82, 2.24) is 14.6 Å². The van der Waals surface area contributed by atoms with E-state index in [1.807, 2.05) is 12.1 Å². The van der Waals surface area contributed by atoms with Crippen molar-refractivity contribution in [1.29, 1.82) is 0 Å². The van der Waals surface area contributed by atoms with Gasteiger partial charge in [0.25, 0.3) is 0 Å². The molecule has 0 spiro atoms. The molecular formula is C16H13F3N4O2S. The highest BCUT2D eigenvalue weighted by Crippen LogP contribution is 2.25. The van der Waals surface area contributed by atoms with Crippen molar-refractivity contribution in [2.45, 2.75) is 23.7 Å². The van der Waals surface area contributed by atoms with Crippen LogP contribution in [0.25, 0.3) is 5.65 Å². The van der Waals surface area contributed by atoms with Crippen LogP contribution in [-0.4, -0.2) is 32.1 Å². The predicted octanol–water partition coefficient (Wildman–Crippen LogP) is 3.75. The number of anilines is 1. The minimum Gasteiger partial charge on any atom is -0.406 e. The van der Waals surface area contributed by atoms with Crippen molar-refractivity contribution in [3.8, 4) is 5.75 Å². The van der Waals surface area contributed by atoms with Crippen LogP contribution in [0, 0.1) is 0 Å². The molecule has 1 atom stereocenters. The van der Waals surface area contributed by atoms with Gasteiger partial charge >= 0.3 is 6.36 Å². The Hall–Kier alpha value is -2.75. The summed E-state index contributed by atoms with van der Waals surface area (Å²) in [5.74, 6) is -0.667. The molecule has 6 nitrogen and oxygen atoms in total. The lowest BCUT2D eigenvalue weighted by Crippen LogP contribution is -2.22. The molecule has 0 radical (unpaired) electrons. The van der Waals surface area contributed by atoms with E-state index in [1.165, 1.54) is 23.9 Å². The van der Waals surface area contributed by atoms with E-state index in [2.05, 4.69) is 20.3 Å². The van der Waals surface area contributed by atoms with Crippen LogP contribution in [0.4, 0.5) is 18.9 Å². The van der Waals surface area contributed by atoms with E-state index in [0.29, 0.717) is 16.5 Å². The van der Waals surface area contributed by atoms with Gasteiger partial charge < -0.3 is 10.1 Å². The lowest BCUT2D eigenvalue weighted by Gasteiger charge is -2.12. The van der Waals surface area contributed by atoms with Gasteiger partial charge in [0, 0.05) is 11.9 Å². The Labute approximate surface area is 150 Å². The molecule has 0 aliphatic heterocycles. The summed E-state index contributed by atoms with van der Waals surface area (Å²) in [5.41, 5.74) is 1.03. The van der Waals surface area contributed by atoms with Crippen molar-refractivity contribution >= 4 is 29.0 Å². The second kappa shape index (κ2) is 7.24. The van der Waals surface area contributed by atoms with Crippen molar-refractivity contribution in [2.24, 2.45) is 0 Å². The van der Waals surface area contributed by atoms with Crippen molar-refractivity contribution in [3.63, 3.8) is 0 Å². The Morgan fingerprint density at radius 3 is 2.62 bits per heavy atom. The molecule has 0 saturated carbocycles. The highest BCUT2D eigenvalue weighted by atomic mass is 32.2. The maximum atomic E-state index is 12.3. The molecule has 1 unspecified atom stereocenters. The molecule has 1 aromatic carbocycles. The average Bonchev–Trinajstić information content (AvgIpc) is 2.98. The Balaban J connectivity index is 1.62. The van der Waals surface area contributed by atoms with Crippen LogP contribution in [0.15, 0.2) is 53.8 Å². The van der Waals surface area contributed by atoms with Gasteiger partial charge in [0.15, 0.2) is 10.8 Å². The third kappa shape index (κ3) is 4.45. The van der Waals surface area contributed by atoms with E-state index >= 15 is 0 Å². The summed E-state index contributed by atoms with van der Waals surface area (Å²) in [6.07, 6.45) is -2.96. The summed E-state index contributed by atoms with van der Waals surface area (Å²) in [6.45, 7) is 1.70. The number of nitrogens with one attached hydrogen (secondary N) is 1. The lowest BCUT2D eigenvalue weighted by molar-refractivity contribution is -0.274. The quantitative estimate of drug-likeness (QED) is 0.681. The van der Waals surface area contributed by atoms with Crippen LogP contribution in [0.3, 0.4) is 0 Å². The number of fused-ring (bicyclic) bond motifs is 1. The first kappa shape index (κ1) is 18.1. The largest absolute Gasteiger partial charge is 0.573 e. The number of halogens is 3. The van der Waals surface area contributed by atoms with Gasteiger partial charge in [-0.3, -0.25) is 9.20 Å². The van der Waals surface area contributed by atoms with Crippen LogP contribution in [0.5, 0.6) is 5.75 Å². The summed E-state index contributed by atoms with van der Waals surface area (Å²) < 4.78 is 42.0. The second-order valence-electron chi connectivity index (χ2n) is 5.23. The number of aromatic nitrogens is 3. The van der Waals surface area contributed by atoms with E-state index in [9.17, 15) is 18.0 Å². The molecule has 10 heteroatoms. The standard InChI is InChI=1S/C16H13F3N4O2S/c1-10(26-15-22-21-13-4-2-3-9-23(13)15)14(24)20-11-5-7-12(8-6-11)25-16(17,18)19/h2-10H,1H3,(H,20,24). The second-order valence-corrected chi connectivity index (χ2v) is 6.54. The molecule has 2 heterocycles. The fourth-order valence-corrected chi connectivity index (χ4v) is 2.93. The molecule has 1 N–H and O–H groups in total. The third-order valence-electron chi connectivity index (χ3n) is 3.29. The number of ether oxygens (including phenoxy) is 1. The first-order chi connectivity index (χ1) is 12.3. The van der Waals surface area contributed by atoms with Crippen LogP contribution < -0.4 is 10.1 Å². The van der Waals surface area contributed by atoms with Gasteiger partial charge in [-0.25, -0.2) is 0 Å². The zero-order valence-electron chi connectivity index (χ0n) is 13.4. The number of benzene rings is 1. The average molecular weight is 382 g/mol. The molecule has 1 amide bonds. The Morgan fingerprint density at radius 2 is 1.92 bits per heavy atom. The topological polar surface area (TPSA) is 68.5 Å². The van der Waals surface area contributed by atoms with Crippen LogP contribution in [-0.2, 0) is 4.79 Å². The Morgan fingerprint density at radius 1 is 1.19 bits per heavy atom. The fourth-order valence-electron chi connectivity index (χ4n) is 2.10. The molecule has 2 aromatic heterocycles. The number of rotatable bonds is 5. The zero-order chi connectivity index (χ0) is 18.7. The van der Waals surface area contributed by atoms with Crippen molar-refractivity contribution < 1.29 is 22.7 Å². The normalized spacial score (nSPS) is 12.8. The minimum atomic E-state index is -4.75. The summed E-state index contributed by atoms with van der Waals surface area (Å²) in [6, 6.07) is 10.4. The van der Waals surface area contributed by atoms with Gasteiger partial charge in [-0.15, -0.1) is 23.4 Å². The molecule has 3 rings (SSSR count). The number of hydrogen-bond donors (Lipinski definition) is 1. The summed E-state index contributed by atoms with van der Waals surface area (Å²) in [4.78, 5) is 12.3. The summed E-state index contributed by atoms with van der Waals surface area (Å²) in [5, 5.41) is 10.8. The third-order valence-corrected chi connectivity index (χ3v) is 4.35. The van der Waals surface area contributed by atoms with Gasteiger partial charge in [-0.05, 0) is 43.3 Å². The first-order valence-electron chi connectivity index (χ1n) is 7.45. The number of carbonyl (C=O) groups is 1. The number of alkyl halides is 3. The molecule has 0 saturated heterocycles. The van der Waals surface area contributed by atoms with Crippen molar-refractivity contribution in [3.05, 3.63) is 48.7 Å². The molecule has 3 aromatic rings. The Bertz CT molecular complexity index is 912. The fraction of sp³-hybridized carbons (Fsp3) is 0.188. The monoisotopic (exact) mass is 382 g/mol. The molecule has 26 heavy (non-hydrogen) atoms. The van der Waals surface area contributed by atoms with E-state index in [0.717, 1.165) is 12.1 Å². The highest BCUT2D eigenvalue weighted by molar-refractivity contribution is 8.00. The molecule has 0 aliphatic rings. The lowest BCUT2D eigenvalue weighted by atomic mass is 10.3. The van der Waals surface area contributed by atoms with Crippen LogP contribution in [0.1, 0.15) is 6.92 Å². The number of pyridine rings is 1. The van der Waals surface area contributed by atoms with Crippen LogP contribution >= 0.6 is 11.8 Å². The molecule has 0 bridgehead atoms. The van der Waals surface area contributed by atoms with Gasteiger partial charge in [-0.2, -0.15) is 0 Å². The number of carbonyl (C=O) groups excluding carboxylic acids is 1. The van der Waals surface area contributed by atoms with E-state index in [-0.39, 0.29) is 11.7 Å². The zero-order valence-corrected chi connectivity index (χ0v) is 14.2. The SMILES string of the molecule is CC(Sc1nnc2ccccn12)C(=O)Nc1ccc(OC(F)(F)F)cc1. The first-order valence-corrected chi connectivity index (χ1v) is 8.33. The van der Waals surface area contributed by atoms with Gasteiger partial charge in [0.1, 0.15) is 5.75 Å². The summed E-state index contributed by atoms with van der Waals surface area (Å²) >= 11 is 1.22. The number of thioether (sulfide) groups is 1. The van der Waals surface area contributed by atoms with E-state index in [1.54, 1.807) is 23.6 Å². The Kier molecular flexibility index (Phi) is 5.03. The molecular weight excluding hydrogens is 369 g/mol. The number of amides is 1. The number of nitrogens with zero attached hydrogens (tertiary/aromatic N) is 3. The highest BCUT2D eigenvalue weighted by Gasteiger charge is 2.31. The minimum absolute atomic E-state index is 0.313.